The van der Waals surface area contributed by atoms with Crippen LogP contribution >= 0.6 is 0 Å². The molecule has 1 unspecified atom stereocenters. The van der Waals surface area contributed by atoms with Crippen molar-refractivity contribution in [2.75, 3.05) is 6.61 Å². The Bertz CT molecular complexity index is 508. The third kappa shape index (κ3) is 3.83. The van der Waals surface area contributed by atoms with Crippen molar-refractivity contribution in [2.45, 2.75) is 32.9 Å². The first-order valence-corrected chi connectivity index (χ1v) is 6.58. The number of hydrogen-bond donors (Lipinski definition) is 1. The number of ether oxygens (including phenoxy) is 1. The van der Waals surface area contributed by atoms with Crippen molar-refractivity contribution in [1.29, 1.82) is 0 Å². The van der Waals surface area contributed by atoms with Gasteiger partial charge in [-0.05, 0) is 31.5 Å². The Labute approximate surface area is 113 Å². The van der Waals surface area contributed by atoms with Crippen LogP contribution in [0, 0.1) is 6.92 Å². The van der Waals surface area contributed by atoms with Gasteiger partial charge in [-0.25, -0.2) is 0 Å². The molecule has 0 saturated heterocycles. The van der Waals surface area contributed by atoms with Crippen molar-refractivity contribution >= 4 is 0 Å². The first kappa shape index (κ1) is 13.6. The third-order valence-corrected chi connectivity index (χ3v) is 2.92. The molecule has 4 heteroatoms. The van der Waals surface area contributed by atoms with E-state index in [2.05, 4.69) is 12.0 Å². The van der Waals surface area contributed by atoms with E-state index in [0.29, 0.717) is 6.54 Å². The molecule has 19 heavy (non-hydrogen) atoms. The van der Waals surface area contributed by atoms with Gasteiger partial charge in [-0.15, -0.1) is 0 Å². The van der Waals surface area contributed by atoms with Crippen LogP contribution in [0.2, 0.25) is 0 Å². The van der Waals surface area contributed by atoms with Crippen LogP contribution in [0.15, 0.2) is 36.4 Å². The molecule has 0 fully saturated rings. The summed E-state index contributed by atoms with van der Waals surface area (Å²) in [4.78, 5) is 0. The molecule has 0 radical (unpaired) electrons. The maximum atomic E-state index is 10.0. The van der Waals surface area contributed by atoms with Crippen LogP contribution in [-0.2, 0) is 13.0 Å². The molecule has 1 aromatic heterocycles. The average molecular weight is 260 g/mol. The fraction of sp³-hybridized carbons (Fsp3) is 0.400. The Morgan fingerprint density at radius 2 is 2.05 bits per heavy atom. The molecular weight excluding hydrogens is 240 g/mol. The first-order chi connectivity index (χ1) is 9.19. The molecule has 0 bridgehead atoms. The maximum Gasteiger partial charge on any atom is 0.119 e. The molecule has 0 amide bonds. The van der Waals surface area contributed by atoms with Gasteiger partial charge in [0, 0.05) is 5.69 Å². The molecule has 0 spiro atoms. The molecule has 1 heterocycles. The highest BCUT2D eigenvalue weighted by Crippen LogP contribution is 2.10. The minimum Gasteiger partial charge on any atom is -0.491 e. The second-order valence-electron chi connectivity index (χ2n) is 4.59. The highest BCUT2D eigenvalue weighted by molar-refractivity contribution is 5.20. The lowest BCUT2D eigenvalue weighted by Gasteiger charge is -2.14. The Hall–Kier alpha value is -1.81. The van der Waals surface area contributed by atoms with Crippen molar-refractivity contribution in [2.24, 2.45) is 0 Å². The molecule has 102 valence electrons. The number of aliphatic hydroxyl groups excluding tert-OH is 1. The van der Waals surface area contributed by atoms with E-state index in [1.807, 2.05) is 48.0 Å². The number of aliphatic hydroxyl groups is 1. The number of rotatable bonds is 6. The summed E-state index contributed by atoms with van der Waals surface area (Å²) in [6.45, 7) is 4.78. The maximum absolute atomic E-state index is 10.0. The minimum absolute atomic E-state index is 0.270. The van der Waals surface area contributed by atoms with Crippen LogP contribution in [0.1, 0.15) is 18.3 Å². The van der Waals surface area contributed by atoms with Crippen LogP contribution in [0.5, 0.6) is 5.75 Å². The molecule has 4 nitrogen and oxygen atoms in total. The van der Waals surface area contributed by atoms with Crippen molar-refractivity contribution < 1.29 is 9.84 Å². The van der Waals surface area contributed by atoms with Crippen molar-refractivity contribution in [3.8, 4) is 5.75 Å². The molecule has 1 aromatic carbocycles. The summed E-state index contributed by atoms with van der Waals surface area (Å²) < 4.78 is 7.38. The predicted octanol–water partition coefficient (Wildman–Crippen LogP) is 2.19. The summed E-state index contributed by atoms with van der Waals surface area (Å²) in [6, 6.07) is 11.6. The lowest BCUT2D eigenvalue weighted by Crippen LogP contribution is -2.25. The number of aryl methyl sites for hydroxylation is 2. The number of para-hydroxylation sites is 1. The van der Waals surface area contributed by atoms with Gasteiger partial charge in [-0.2, -0.15) is 5.10 Å². The van der Waals surface area contributed by atoms with Crippen molar-refractivity contribution in [3.63, 3.8) is 0 Å². The van der Waals surface area contributed by atoms with Crippen molar-refractivity contribution in [3.05, 3.63) is 47.8 Å². The zero-order valence-electron chi connectivity index (χ0n) is 11.4. The largest absolute Gasteiger partial charge is 0.491 e. The molecular formula is C15H20N2O2. The summed E-state index contributed by atoms with van der Waals surface area (Å²) >= 11 is 0. The van der Waals surface area contributed by atoms with E-state index in [0.717, 1.165) is 23.6 Å². The fourth-order valence-corrected chi connectivity index (χ4v) is 2.00. The van der Waals surface area contributed by atoms with Gasteiger partial charge in [-0.1, -0.05) is 25.1 Å². The van der Waals surface area contributed by atoms with Gasteiger partial charge in [0.1, 0.15) is 18.5 Å². The number of benzene rings is 1. The molecule has 2 rings (SSSR count). The summed E-state index contributed by atoms with van der Waals surface area (Å²) in [5, 5.41) is 14.4. The molecule has 1 N–H and O–H groups in total. The van der Waals surface area contributed by atoms with E-state index in [-0.39, 0.29) is 6.61 Å². The van der Waals surface area contributed by atoms with E-state index in [1.165, 1.54) is 0 Å². The Morgan fingerprint density at radius 3 is 2.74 bits per heavy atom. The van der Waals surface area contributed by atoms with Crippen LogP contribution in [0.4, 0.5) is 0 Å². The SMILES string of the molecule is CCc1cc(C)nn1CC(O)COc1ccccc1. The average Bonchev–Trinajstić information content (AvgIpc) is 2.77. The summed E-state index contributed by atoms with van der Waals surface area (Å²) in [7, 11) is 0. The predicted molar refractivity (Wildman–Crippen MR) is 74.3 cm³/mol. The van der Waals surface area contributed by atoms with Crippen LogP contribution < -0.4 is 4.74 Å². The topological polar surface area (TPSA) is 47.3 Å². The van der Waals surface area contributed by atoms with Crippen LogP contribution in [0.3, 0.4) is 0 Å². The second kappa shape index (κ2) is 6.38. The molecule has 0 aliphatic rings. The monoisotopic (exact) mass is 260 g/mol. The number of aromatic nitrogens is 2. The highest BCUT2D eigenvalue weighted by atomic mass is 16.5. The van der Waals surface area contributed by atoms with Gasteiger partial charge < -0.3 is 9.84 Å². The summed E-state index contributed by atoms with van der Waals surface area (Å²) in [6.07, 6.45) is 0.345. The number of nitrogens with zero attached hydrogens (tertiary/aromatic N) is 2. The van der Waals surface area contributed by atoms with E-state index in [9.17, 15) is 5.11 Å². The van der Waals surface area contributed by atoms with Gasteiger partial charge in [0.25, 0.3) is 0 Å². The van der Waals surface area contributed by atoms with Crippen LogP contribution in [0.25, 0.3) is 0 Å². The summed E-state index contributed by atoms with van der Waals surface area (Å²) in [5.74, 6) is 0.772. The van der Waals surface area contributed by atoms with Crippen molar-refractivity contribution in [1.82, 2.24) is 9.78 Å². The molecule has 1 atom stereocenters. The van der Waals surface area contributed by atoms with Gasteiger partial charge >= 0.3 is 0 Å². The van der Waals surface area contributed by atoms with E-state index in [4.69, 9.17) is 4.74 Å². The lowest BCUT2D eigenvalue weighted by atomic mass is 10.3. The van der Waals surface area contributed by atoms with E-state index < -0.39 is 6.10 Å². The van der Waals surface area contributed by atoms with Gasteiger partial charge in [0.2, 0.25) is 0 Å². The van der Waals surface area contributed by atoms with Gasteiger partial charge in [0.05, 0.1) is 12.2 Å². The Morgan fingerprint density at radius 1 is 1.32 bits per heavy atom. The smallest absolute Gasteiger partial charge is 0.119 e. The van der Waals surface area contributed by atoms with Gasteiger partial charge in [-0.3, -0.25) is 4.68 Å². The summed E-state index contributed by atoms with van der Waals surface area (Å²) in [5.41, 5.74) is 2.12. The van der Waals surface area contributed by atoms with Crippen LogP contribution in [-0.4, -0.2) is 27.6 Å². The zero-order valence-corrected chi connectivity index (χ0v) is 11.4. The lowest BCUT2D eigenvalue weighted by molar-refractivity contribution is 0.0885. The molecule has 0 saturated carbocycles. The number of hydrogen-bond acceptors (Lipinski definition) is 3. The van der Waals surface area contributed by atoms with E-state index >= 15 is 0 Å². The quantitative estimate of drug-likeness (QED) is 0.866. The molecule has 2 aromatic rings. The fourth-order valence-electron chi connectivity index (χ4n) is 2.00. The normalized spacial score (nSPS) is 12.4. The van der Waals surface area contributed by atoms with E-state index in [1.54, 1.807) is 0 Å². The third-order valence-electron chi connectivity index (χ3n) is 2.92. The second-order valence-corrected chi connectivity index (χ2v) is 4.59. The first-order valence-electron chi connectivity index (χ1n) is 6.58. The highest BCUT2D eigenvalue weighted by Gasteiger charge is 2.10. The zero-order chi connectivity index (χ0) is 13.7. The Balaban J connectivity index is 1.88. The standard InChI is InChI=1S/C15H20N2O2/c1-3-13-9-12(2)16-17(13)10-14(18)11-19-15-7-5-4-6-8-15/h4-9,14,18H,3,10-11H2,1-2H3. The molecule has 0 aliphatic carbocycles. The van der Waals surface area contributed by atoms with Gasteiger partial charge in [0.15, 0.2) is 0 Å². The molecule has 0 aliphatic heterocycles. The minimum atomic E-state index is -0.565. The Kier molecular flexibility index (Phi) is 4.58.